The number of carbonyl (C=O) groups excluding carboxylic acids is 2. The highest BCUT2D eigenvalue weighted by Gasteiger charge is 2.28. The van der Waals surface area contributed by atoms with Crippen molar-refractivity contribution in [1.82, 2.24) is 4.98 Å². The van der Waals surface area contributed by atoms with Crippen molar-refractivity contribution in [1.29, 1.82) is 0 Å². The number of aryl methyl sites for hydroxylation is 1. The molecule has 0 aliphatic rings. The number of benzene rings is 2. The third-order valence-corrected chi connectivity index (χ3v) is 4.97. The van der Waals surface area contributed by atoms with E-state index < -0.39 is 12.1 Å². The van der Waals surface area contributed by atoms with Crippen LogP contribution in [0.15, 0.2) is 52.9 Å². The van der Waals surface area contributed by atoms with Gasteiger partial charge in [0.1, 0.15) is 5.58 Å². The van der Waals surface area contributed by atoms with Crippen molar-refractivity contribution in [2.75, 3.05) is 7.11 Å². The number of carbonyl (C=O) groups is 2. The number of ketones is 1. The average Bonchev–Trinajstić information content (AvgIpc) is 3.25. The Bertz CT molecular complexity index is 1220. The van der Waals surface area contributed by atoms with E-state index in [9.17, 15) is 9.59 Å². The van der Waals surface area contributed by atoms with Crippen molar-refractivity contribution in [3.8, 4) is 0 Å². The molecule has 0 spiro atoms. The van der Waals surface area contributed by atoms with Gasteiger partial charge in [-0.3, -0.25) is 4.79 Å². The van der Waals surface area contributed by atoms with E-state index in [2.05, 4.69) is 4.98 Å². The number of aromatic nitrogens is 1. The second-order valence-corrected chi connectivity index (χ2v) is 6.92. The van der Waals surface area contributed by atoms with E-state index in [4.69, 9.17) is 13.9 Å². The first-order valence-corrected chi connectivity index (χ1v) is 9.33. The topological polar surface area (TPSA) is 81.5 Å². The molecule has 148 valence electrons. The number of Topliss-reactive ketones (excluding diaryl/α,β-unsaturated/α-hetero) is 1. The van der Waals surface area contributed by atoms with Crippen molar-refractivity contribution >= 4 is 33.6 Å². The van der Waals surface area contributed by atoms with Gasteiger partial charge in [0.25, 0.3) is 0 Å². The minimum absolute atomic E-state index is 0.0587. The van der Waals surface area contributed by atoms with Crippen molar-refractivity contribution in [3.63, 3.8) is 0 Å². The Morgan fingerprint density at radius 2 is 1.76 bits per heavy atom. The normalized spacial score (nSPS) is 12.4. The molecular weight excluding hydrogens is 370 g/mol. The summed E-state index contributed by atoms with van der Waals surface area (Å²) >= 11 is 0. The summed E-state index contributed by atoms with van der Waals surface area (Å²) in [6.07, 6.45) is -0.969. The monoisotopic (exact) mass is 391 g/mol. The van der Waals surface area contributed by atoms with Crippen LogP contribution in [-0.4, -0.2) is 30.0 Å². The van der Waals surface area contributed by atoms with Gasteiger partial charge in [-0.2, -0.15) is 0 Å². The number of hydrogen-bond acceptors (Lipinski definition) is 5. The number of nitrogens with one attached hydrogen (secondary N) is 1. The highest BCUT2D eigenvalue weighted by molar-refractivity contribution is 6.11. The molecule has 2 heterocycles. The lowest BCUT2D eigenvalue weighted by atomic mass is 10.0. The number of furan rings is 1. The number of hydrogen-bond donors (Lipinski definition) is 1. The van der Waals surface area contributed by atoms with E-state index in [1.165, 1.54) is 0 Å². The van der Waals surface area contributed by atoms with Gasteiger partial charge in [-0.15, -0.1) is 0 Å². The van der Waals surface area contributed by atoms with Crippen molar-refractivity contribution in [2.24, 2.45) is 0 Å². The summed E-state index contributed by atoms with van der Waals surface area (Å²) in [5.41, 5.74) is 3.31. The number of esters is 1. The number of aromatic amines is 1. The fraction of sp³-hybridized carbons (Fsp3) is 0.217. The Labute approximate surface area is 167 Å². The molecule has 4 aromatic rings. The average molecular weight is 391 g/mol. The Morgan fingerprint density at radius 3 is 2.52 bits per heavy atom. The summed E-state index contributed by atoms with van der Waals surface area (Å²) in [5.74, 6) is -0.896. The van der Waals surface area contributed by atoms with Crippen LogP contribution in [0.4, 0.5) is 0 Å². The van der Waals surface area contributed by atoms with E-state index in [-0.39, 0.29) is 18.2 Å². The fourth-order valence-corrected chi connectivity index (χ4v) is 3.62. The van der Waals surface area contributed by atoms with Crippen LogP contribution in [0.1, 0.15) is 39.1 Å². The van der Waals surface area contributed by atoms with Gasteiger partial charge in [0.05, 0.1) is 6.61 Å². The predicted molar refractivity (Wildman–Crippen MR) is 109 cm³/mol. The maximum absolute atomic E-state index is 13.0. The molecule has 1 N–H and O–H groups in total. The second-order valence-electron chi connectivity index (χ2n) is 6.92. The molecule has 1 atom stereocenters. The van der Waals surface area contributed by atoms with Gasteiger partial charge in [-0.25, -0.2) is 4.79 Å². The first kappa shape index (κ1) is 19.0. The van der Waals surface area contributed by atoms with Gasteiger partial charge in [0, 0.05) is 40.2 Å². The lowest BCUT2D eigenvalue weighted by Gasteiger charge is -2.12. The Hall–Kier alpha value is -3.38. The standard InChI is InChI=1S/C23H21NO5/c1-13-20(16-9-4-6-10-18(16)24-13)21(25)14(2)28-23(26)22-17(12-27-3)15-8-5-7-11-19(15)29-22/h4-11,14,24H,12H2,1-3H3/t14-/m0/s1. The van der Waals surface area contributed by atoms with Gasteiger partial charge >= 0.3 is 5.97 Å². The number of ether oxygens (including phenoxy) is 2. The van der Waals surface area contributed by atoms with E-state index in [1.54, 1.807) is 20.1 Å². The minimum atomic E-state index is -0.969. The first-order chi connectivity index (χ1) is 14.0. The SMILES string of the molecule is COCc1c(C(=O)O[C@@H](C)C(=O)c2c(C)[nH]c3ccccc23)oc2ccccc12. The van der Waals surface area contributed by atoms with Gasteiger partial charge in [-0.1, -0.05) is 36.4 Å². The summed E-state index contributed by atoms with van der Waals surface area (Å²) in [5, 5.41) is 1.59. The van der Waals surface area contributed by atoms with Crippen LogP contribution < -0.4 is 0 Å². The summed E-state index contributed by atoms with van der Waals surface area (Å²) in [4.78, 5) is 29.0. The molecule has 2 aromatic heterocycles. The van der Waals surface area contributed by atoms with Crippen LogP contribution >= 0.6 is 0 Å². The van der Waals surface area contributed by atoms with Crippen molar-refractivity contribution in [3.05, 3.63) is 71.1 Å². The summed E-state index contributed by atoms with van der Waals surface area (Å²) in [7, 11) is 1.54. The Morgan fingerprint density at radius 1 is 1.07 bits per heavy atom. The third-order valence-electron chi connectivity index (χ3n) is 4.97. The zero-order valence-electron chi connectivity index (χ0n) is 16.4. The molecule has 2 aromatic carbocycles. The maximum atomic E-state index is 13.0. The van der Waals surface area contributed by atoms with Crippen LogP contribution in [0.5, 0.6) is 0 Å². The number of rotatable bonds is 6. The number of para-hydroxylation sites is 2. The third kappa shape index (κ3) is 3.32. The van der Waals surface area contributed by atoms with Gasteiger partial charge in [0.15, 0.2) is 6.10 Å². The molecule has 0 radical (unpaired) electrons. The van der Waals surface area contributed by atoms with Crippen LogP contribution in [0.3, 0.4) is 0 Å². The molecule has 0 fully saturated rings. The number of methoxy groups -OCH3 is 1. The van der Waals surface area contributed by atoms with Gasteiger partial charge in [-0.05, 0) is 26.0 Å². The van der Waals surface area contributed by atoms with Gasteiger partial charge < -0.3 is 18.9 Å². The molecule has 0 bridgehead atoms. The van der Waals surface area contributed by atoms with Crippen LogP contribution in [0.25, 0.3) is 21.9 Å². The zero-order chi connectivity index (χ0) is 20.5. The minimum Gasteiger partial charge on any atom is -0.449 e. The zero-order valence-corrected chi connectivity index (χ0v) is 16.4. The number of fused-ring (bicyclic) bond motifs is 2. The largest absolute Gasteiger partial charge is 0.449 e. The molecular formula is C23H21NO5. The molecule has 0 unspecified atom stereocenters. The van der Waals surface area contributed by atoms with E-state index >= 15 is 0 Å². The van der Waals surface area contributed by atoms with E-state index in [0.717, 1.165) is 22.0 Å². The first-order valence-electron chi connectivity index (χ1n) is 9.33. The smallest absolute Gasteiger partial charge is 0.375 e. The highest BCUT2D eigenvalue weighted by atomic mass is 16.6. The summed E-state index contributed by atoms with van der Waals surface area (Å²) < 4.78 is 16.4. The molecule has 29 heavy (non-hydrogen) atoms. The Kier molecular flexibility index (Phi) is 4.94. The molecule has 6 nitrogen and oxygen atoms in total. The predicted octanol–water partition coefficient (Wildman–Crippen LogP) is 4.80. The second kappa shape index (κ2) is 7.56. The van der Waals surface area contributed by atoms with E-state index in [0.29, 0.717) is 16.7 Å². The summed E-state index contributed by atoms with van der Waals surface area (Å²) in [6.45, 7) is 3.60. The maximum Gasteiger partial charge on any atom is 0.375 e. The lowest BCUT2D eigenvalue weighted by Crippen LogP contribution is -2.25. The van der Waals surface area contributed by atoms with Crippen LogP contribution in [0, 0.1) is 6.92 Å². The quantitative estimate of drug-likeness (QED) is 0.377. The summed E-state index contributed by atoms with van der Waals surface area (Å²) in [6, 6.07) is 14.9. The molecule has 4 rings (SSSR count). The lowest BCUT2D eigenvalue weighted by molar-refractivity contribution is 0.0287. The molecule has 6 heteroatoms. The van der Waals surface area contributed by atoms with E-state index in [1.807, 2.05) is 49.4 Å². The molecule has 0 aliphatic carbocycles. The fourth-order valence-electron chi connectivity index (χ4n) is 3.62. The van der Waals surface area contributed by atoms with Crippen molar-refractivity contribution < 1.29 is 23.5 Å². The molecule has 0 saturated heterocycles. The molecule has 0 aliphatic heterocycles. The number of H-pyrrole nitrogens is 1. The van der Waals surface area contributed by atoms with Crippen molar-refractivity contribution in [2.45, 2.75) is 26.6 Å². The molecule has 0 saturated carbocycles. The highest BCUT2D eigenvalue weighted by Crippen LogP contribution is 2.28. The van der Waals surface area contributed by atoms with Crippen LogP contribution in [-0.2, 0) is 16.1 Å². The van der Waals surface area contributed by atoms with Gasteiger partial charge in [0.2, 0.25) is 11.5 Å². The molecule has 0 amide bonds. The van der Waals surface area contributed by atoms with Crippen LogP contribution in [0.2, 0.25) is 0 Å². The Balaban J connectivity index is 1.63.